The highest BCUT2D eigenvalue weighted by molar-refractivity contribution is 7.90. The molecule has 0 saturated carbocycles. The van der Waals surface area contributed by atoms with Crippen LogP contribution in [-0.2, 0) is 16.4 Å². The molecule has 7 heteroatoms. The molecular weight excluding hydrogens is 314 g/mol. The number of hydrogen-bond acceptors (Lipinski definition) is 3. The van der Waals surface area contributed by atoms with Gasteiger partial charge in [0.15, 0.2) is 0 Å². The topological polar surface area (TPSA) is 91.1 Å². The zero-order valence-corrected chi connectivity index (χ0v) is 14.3. The summed E-state index contributed by atoms with van der Waals surface area (Å²) >= 11 is 0. The molecule has 1 heterocycles. The molecule has 0 radical (unpaired) electrons. The van der Waals surface area contributed by atoms with Crippen LogP contribution in [0.15, 0.2) is 35.2 Å². The van der Waals surface area contributed by atoms with Gasteiger partial charge in [-0.15, -0.1) is 0 Å². The molecule has 124 valence electrons. The van der Waals surface area contributed by atoms with E-state index >= 15 is 0 Å². The number of carbonyl (C=O) groups is 1. The van der Waals surface area contributed by atoms with Crippen LogP contribution in [0.5, 0.6) is 0 Å². The molecule has 0 fully saturated rings. The molecule has 0 bridgehead atoms. The Morgan fingerprint density at radius 3 is 2.35 bits per heavy atom. The largest absolute Gasteiger partial charge is 0.362 e. The SMILES string of the molecule is Cc1ccc(S(=O)(=O)NC(=O)NCCc2cc(C)[nH]c2C)cc1. The number of amides is 2. The van der Waals surface area contributed by atoms with Gasteiger partial charge in [0.05, 0.1) is 4.90 Å². The molecule has 0 atom stereocenters. The molecular formula is C16H21N3O3S. The Morgan fingerprint density at radius 1 is 1.13 bits per heavy atom. The van der Waals surface area contributed by atoms with Crippen molar-refractivity contribution < 1.29 is 13.2 Å². The van der Waals surface area contributed by atoms with Crippen LogP contribution in [0.2, 0.25) is 0 Å². The van der Waals surface area contributed by atoms with Gasteiger partial charge in [-0.25, -0.2) is 17.9 Å². The first-order valence-corrected chi connectivity index (χ1v) is 8.78. The molecule has 1 aromatic heterocycles. The molecule has 0 aliphatic rings. The molecule has 6 nitrogen and oxygen atoms in total. The second-order valence-corrected chi connectivity index (χ2v) is 7.21. The van der Waals surface area contributed by atoms with Crippen molar-refractivity contribution in [3.05, 3.63) is 52.8 Å². The number of urea groups is 1. The van der Waals surface area contributed by atoms with Crippen molar-refractivity contribution in [1.29, 1.82) is 0 Å². The number of nitrogens with one attached hydrogen (secondary N) is 3. The Bertz CT molecular complexity index is 792. The van der Waals surface area contributed by atoms with Crippen molar-refractivity contribution in [1.82, 2.24) is 15.0 Å². The van der Waals surface area contributed by atoms with Crippen molar-refractivity contribution >= 4 is 16.1 Å². The monoisotopic (exact) mass is 335 g/mol. The lowest BCUT2D eigenvalue weighted by atomic mass is 10.2. The smallest absolute Gasteiger partial charge is 0.328 e. The quantitative estimate of drug-likeness (QED) is 0.782. The third-order valence-corrected chi connectivity index (χ3v) is 4.84. The molecule has 1 aromatic carbocycles. The van der Waals surface area contributed by atoms with Crippen LogP contribution in [0.25, 0.3) is 0 Å². The van der Waals surface area contributed by atoms with Gasteiger partial charge >= 0.3 is 6.03 Å². The fourth-order valence-corrected chi connectivity index (χ4v) is 3.22. The lowest BCUT2D eigenvalue weighted by molar-refractivity contribution is 0.246. The molecule has 0 spiro atoms. The molecule has 0 saturated heterocycles. The molecule has 2 amide bonds. The number of rotatable bonds is 5. The van der Waals surface area contributed by atoms with E-state index in [1.807, 2.05) is 31.6 Å². The molecule has 2 rings (SSSR count). The van der Waals surface area contributed by atoms with E-state index in [1.54, 1.807) is 12.1 Å². The van der Waals surface area contributed by atoms with Crippen molar-refractivity contribution in [2.75, 3.05) is 6.54 Å². The summed E-state index contributed by atoms with van der Waals surface area (Å²) in [6.45, 7) is 6.14. The first-order valence-electron chi connectivity index (χ1n) is 7.30. The van der Waals surface area contributed by atoms with Crippen molar-refractivity contribution in [3.63, 3.8) is 0 Å². The zero-order chi connectivity index (χ0) is 17.0. The maximum atomic E-state index is 12.1. The highest BCUT2D eigenvalue weighted by Gasteiger charge is 2.17. The number of aryl methyl sites for hydroxylation is 3. The van der Waals surface area contributed by atoms with Crippen LogP contribution in [0.3, 0.4) is 0 Å². The standard InChI is InChI=1S/C16H21N3O3S/c1-11-4-6-15(7-5-11)23(21,22)19-16(20)17-9-8-14-10-12(2)18-13(14)3/h4-7,10,18H,8-9H2,1-3H3,(H2,17,19,20). The number of benzene rings is 1. The molecule has 0 unspecified atom stereocenters. The van der Waals surface area contributed by atoms with E-state index in [-0.39, 0.29) is 4.90 Å². The molecule has 3 N–H and O–H groups in total. The highest BCUT2D eigenvalue weighted by Crippen LogP contribution is 2.10. The third-order valence-electron chi connectivity index (χ3n) is 3.50. The Kier molecular flexibility index (Phi) is 5.10. The van der Waals surface area contributed by atoms with Crippen LogP contribution < -0.4 is 10.0 Å². The van der Waals surface area contributed by atoms with E-state index in [2.05, 4.69) is 10.3 Å². The molecule has 0 aliphatic carbocycles. The Morgan fingerprint density at radius 2 is 1.78 bits per heavy atom. The van der Waals surface area contributed by atoms with E-state index in [4.69, 9.17) is 0 Å². The first-order chi connectivity index (χ1) is 10.8. The second-order valence-electron chi connectivity index (χ2n) is 5.53. The van der Waals surface area contributed by atoms with Crippen LogP contribution in [0.1, 0.15) is 22.5 Å². The van der Waals surface area contributed by atoms with E-state index in [1.165, 1.54) is 12.1 Å². The summed E-state index contributed by atoms with van der Waals surface area (Å²) in [7, 11) is -3.84. The number of carbonyl (C=O) groups excluding carboxylic acids is 1. The maximum absolute atomic E-state index is 12.1. The number of H-pyrrole nitrogens is 1. The Labute approximate surface area is 136 Å². The lowest BCUT2D eigenvalue weighted by Gasteiger charge is -2.09. The second kappa shape index (κ2) is 6.87. The van der Waals surface area contributed by atoms with Gasteiger partial charge in [-0.05, 0) is 51.0 Å². The average molecular weight is 335 g/mol. The summed E-state index contributed by atoms with van der Waals surface area (Å²) in [5.74, 6) is 0. The average Bonchev–Trinajstić information content (AvgIpc) is 2.77. The summed E-state index contributed by atoms with van der Waals surface area (Å²) < 4.78 is 26.1. The summed E-state index contributed by atoms with van der Waals surface area (Å²) in [5, 5.41) is 2.56. The Balaban J connectivity index is 1.89. The van der Waals surface area contributed by atoms with E-state index in [9.17, 15) is 13.2 Å². The fraction of sp³-hybridized carbons (Fsp3) is 0.312. The normalized spacial score (nSPS) is 11.3. The minimum atomic E-state index is -3.84. The highest BCUT2D eigenvalue weighted by atomic mass is 32.2. The minimum Gasteiger partial charge on any atom is -0.362 e. The minimum absolute atomic E-state index is 0.0651. The third kappa shape index (κ3) is 4.59. The van der Waals surface area contributed by atoms with E-state index in [0.29, 0.717) is 13.0 Å². The number of sulfonamides is 1. The maximum Gasteiger partial charge on any atom is 0.328 e. The summed E-state index contributed by atoms with van der Waals surface area (Å²) in [6, 6.07) is 7.59. The van der Waals surface area contributed by atoms with Gasteiger partial charge in [0, 0.05) is 17.9 Å². The van der Waals surface area contributed by atoms with Crippen molar-refractivity contribution in [3.8, 4) is 0 Å². The summed E-state index contributed by atoms with van der Waals surface area (Å²) in [5.41, 5.74) is 4.16. The zero-order valence-electron chi connectivity index (χ0n) is 13.4. The molecule has 0 aliphatic heterocycles. The molecule has 23 heavy (non-hydrogen) atoms. The van der Waals surface area contributed by atoms with Gasteiger partial charge in [-0.1, -0.05) is 17.7 Å². The molecule has 2 aromatic rings. The van der Waals surface area contributed by atoms with Crippen molar-refractivity contribution in [2.45, 2.75) is 32.1 Å². The van der Waals surface area contributed by atoms with Gasteiger partial charge < -0.3 is 10.3 Å². The first kappa shape index (κ1) is 17.1. The fourth-order valence-electron chi connectivity index (χ4n) is 2.29. The van der Waals surface area contributed by atoms with Gasteiger partial charge in [-0.3, -0.25) is 0 Å². The summed E-state index contributed by atoms with van der Waals surface area (Å²) in [4.78, 5) is 15.0. The number of aromatic amines is 1. The van der Waals surface area contributed by atoms with E-state index in [0.717, 1.165) is 22.5 Å². The van der Waals surface area contributed by atoms with Crippen LogP contribution in [-0.4, -0.2) is 26.0 Å². The predicted molar refractivity (Wildman–Crippen MR) is 88.9 cm³/mol. The lowest BCUT2D eigenvalue weighted by Crippen LogP contribution is -2.40. The number of hydrogen-bond donors (Lipinski definition) is 3. The van der Waals surface area contributed by atoms with Crippen LogP contribution >= 0.6 is 0 Å². The van der Waals surface area contributed by atoms with Crippen molar-refractivity contribution in [2.24, 2.45) is 0 Å². The van der Waals surface area contributed by atoms with Gasteiger partial charge in [0.25, 0.3) is 10.0 Å². The van der Waals surface area contributed by atoms with Gasteiger partial charge in [-0.2, -0.15) is 0 Å². The summed E-state index contributed by atoms with van der Waals surface area (Å²) in [6.07, 6.45) is 0.633. The number of aromatic nitrogens is 1. The predicted octanol–water partition coefficient (Wildman–Crippen LogP) is 2.17. The van der Waals surface area contributed by atoms with Gasteiger partial charge in [0.2, 0.25) is 0 Å². The van der Waals surface area contributed by atoms with Gasteiger partial charge in [0.1, 0.15) is 0 Å². The van der Waals surface area contributed by atoms with Crippen LogP contribution in [0.4, 0.5) is 4.79 Å². The van der Waals surface area contributed by atoms with E-state index < -0.39 is 16.1 Å². The Hall–Kier alpha value is -2.28. The van der Waals surface area contributed by atoms with Crippen LogP contribution in [0, 0.1) is 20.8 Å².